The Hall–Kier alpha value is -3.28. The lowest BCUT2D eigenvalue weighted by Gasteiger charge is -2.06. The fourth-order valence-corrected chi connectivity index (χ4v) is 2.60. The van der Waals surface area contributed by atoms with Crippen molar-refractivity contribution in [1.29, 1.82) is 0 Å². The van der Waals surface area contributed by atoms with Crippen LogP contribution in [0.15, 0.2) is 53.1 Å². The summed E-state index contributed by atoms with van der Waals surface area (Å²) in [6.07, 6.45) is -0.0233. The molecule has 0 unspecified atom stereocenters. The molecule has 2 aromatic carbocycles. The average Bonchev–Trinajstić information content (AvgIpc) is 3.12. The topological polar surface area (TPSA) is 87.6 Å². The summed E-state index contributed by atoms with van der Waals surface area (Å²) in [5, 5.41) is 4.16. The Labute approximate surface area is 158 Å². The predicted molar refractivity (Wildman–Crippen MR) is 105 cm³/mol. The zero-order valence-corrected chi connectivity index (χ0v) is 16.0. The molecule has 1 heterocycles. The van der Waals surface area contributed by atoms with Crippen LogP contribution >= 0.6 is 0 Å². The van der Waals surface area contributed by atoms with E-state index in [4.69, 9.17) is 19.7 Å². The fourth-order valence-electron chi connectivity index (χ4n) is 2.60. The van der Waals surface area contributed by atoms with Crippen LogP contribution in [-0.4, -0.2) is 25.3 Å². The van der Waals surface area contributed by atoms with Crippen LogP contribution in [-0.2, 0) is 11.2 Å². The highest BCUT2D eigenvalue weighted by molar-refractivity contribution is 5.86. The zero-order chi connectivity index (χ0) is 19.8. The van der Waals surface area contributed by atoms with Crippen molar-refractivity contribution in [2.75, 3.05) is 14.2 Å². The molecule has 0 saturated carbocycles. The summed E-state index contributed by atoms with van der Waals surface area (Å²) in [6.45, 7) is 4.00. The van der Waals surface area contributed by atoms with E-state index in [1.54, 1.807) is 14.2 Å². The summed E-state index contributed by atoms with van der Waals surface area (Å²) in [6, 6.07) is 14.9. The van der Waals surface area contributed by atoms with Crippen molar-refractivity contribution in [2.45, 2.75) is 20.3 Å². The van der Waals surface area contributed by atoms with Crippen LogP contribution in [0.1, 0.15) is 19.6 Å². The molecule has 3 aromatic rings. The Morgan fingerprint density at radius 3 is 1.85 bits per heavy atom. The zero-order valence-electron chi connectivity index (χ0n) is 16.0. The van der Waals surface area contributed by atoms with Crippen LogP contribution in [0.25, 0.3) is 22.4 Å². The van der Waals surface area contributed by atoms with E-state index in [0.717, 1.165) is 28.2 Å². The number of primary amides is 1. The van der Waals surface area contributed by atoms with E-state index in [0.29, 0.717) is 11.5 Å². The molecule has 0 spiro atoms. The maximum absolute atomic E-state index is 11.4. The molecule has 0 fully saturated rings. The molecule has 0 aliphatic rings. The van der Waals surface area contributed by atoms with Gasteiger partial charge in [-0.3, -0.25) is 4.79 Å². The van der Waals surface area contributed by atoms with E-state index in [2.05, 4.69) is 5.16 Å². The highest BCUT2D eigenvalue weighted by atomic mass is 16.5. The summed E-state index contributed by atoms with van der Waals surface area (Å²) in [5.41, 5.74) is 8.44. The second-order valence-electron chi connectivity index (χ2n) is 5.43. The van der Waals surface area contributed by atoms with Crippen molar-refractivity contribution >= 4 is 5.91 Å². The number of hydrogen-bond acceptors (Lipinski definition) is 5. The van der Waals surface area contributed by atoms with Crippen LogP contribution in [0.3, 0.4) is 0 Å². The van der Waals surface area contributed by atoms with Crippen molar-refractivity contribution < 1.29 is 18.8 Å². The van der Waals surface area contributed by atoms with Crippen LogP contribution < -0.4 is 15.2 Å². The van der Waals surface area contributed by atoms with Crippen molar-refractivity contribution in [3.05, 3.63) is 54.3 Å². The lowest BCUT2D eigenvalue weighted by Crippen LogP contribution is -2.13. The van der Waals surface area contributed by atoms with Gasteiger partial charge in [0.15, 0.2) is 5.76 Å². The Morgan fingerprint density at radius 2 is 1.41 bits per heavy atom. The van der Waals surface area contributed by atoms with Gasteiger partial charge in [0, 0.05) is 5.56 Å². The molecule has 0 aliphatic carbocycles. The van der Waals surface area contributed by atoms with Gasteiger partial charge in [-0.2, -0.15) is 0 Å². The number of hydrogen-bond donors (Lipinski definition) is 1. The summed E-state index contributed by atoms with van der Waals surface area (Å²) in [4.78, 5) is 11.4. The third kappa shape index (κ3) is 4.67. The molecule has 0 saturated heterocycles. The van der Waals surface area contributed by atoms with Gasteiger partial charge in [0.1, 0.15) is 17.2 Å². The van der Waals surface area contributed by atoms with Crippen LogP contribution in [0.5, 0.6) is 11.5 Å². The summed E-state index contributed by atoms with van der Waals surface area (Å²) >= 11 is 0. The SMILES string of the molecule is CC.COc1ccc(-c2noc(CC(N)=O)c2-c2ccc(OC)cc2)cc1. The van der Waals surface area contributed by atoms with E-state index in [1.807, 2.05) is 62.4 Å². The second kappa shape index (κ2) is 9.43. The molecule has 1 aromatic heterocycles. The van der Waals surface area contributed by atoms with Gasteiger partial charge in [-0.15, -0.1) is 0 Å². The number of nitrogens with zero attached hydrogens (tertiary/aromatic N) is 1. The normalized spacial score (nSPS) is 9.93. The number of methoxy groups -OCH3 is 2. The Bertz CT molecular complexity index is 868. The highest BCUT2D eigenvalue weighted by Crippen LogP contribution is 2.36. The number of nitrogens with two attached hydrogens (primary N) is 1. The van der Waals surface area contributed by atoms with Gasteiger partial charge in [-0.25, -0.2) is 0 Å². The molecule has 0 radical (unpaired) electrons. The smallest absolute Gasteiger partial charge is 0.225 e. The number of aromatic nitrogens is 1. The highest BCUT2D eigenvalue weighted by Gasteiger charge is 2.20. The van der Waals surface area contributed by atoms with E-state index in [1.165, 1.54) is 0 Å². The third-order valence-electron chi connectivity index (χ3n) is 3.84. The number of amides is 1. The number of benzene rings is 2. The quantitative estimate of drug-likeness (QED) is 0.708. The van der Waals surface area contributed by atoms with E-state index >= 15 is 0 Å². The molecule has 27 heavy (non-hydrogen) atoms. The first-order valence-corrected chi connectivity index (χ1v) is 8.68. The maximum Gasteiger partial charge on any atom is 0.225 e. The van der Waals surface area contributed by atoms with Gasteiger partial charge in [0.2, 0.25) is 5.91 Å². The molecule has 0 atom stereocenters. The molecule has 0 aliphatic heterocycles. The van der Waals surface area contributed by atoms with Gasteiger partial charge in [-0.1, -0.05) is 31.1 Å². The van der Waals surface area contributed by atoms with Crippen molar-refractivity contribution in [3.8, 4) is 33.9 Å². The molecule has 2 N–H and O–H groups in total. The number of ether oxygens (including phenoxy) is 2. The minimum absolute atomic E-state index is 0.0233. The minimum Gasteiger partial charge on any atom is -0.497 e. The summed E-state index contributed by atoms with van der Waals surface area (Å²) in [7, 11) is 3.22. The van der Waals surface area contributed by atoms with Gasteiger partial charge < -0.3 is 19.7 Å². The minimum atomic E-state index is -0.479. The summed E-state index contributed by atoms with van der Waals surface area (Å²) in [5.74, 6) is 1.44. The van der Waals surface area contributed by atoms with Gasteiger partial charge in [0.25, 0.3) is 0 Å². The van der Waals surface area contributed by atoms with Crippen molar-refractivity contribution in [1.82, 2.24) is 5.16 Å². The molecule has 0 bridgehead atoms. The first-order valence-electron chi connectivity index (χ1n) is 8.68. The fraction of sp³-hybridized carbons (Fsp3) is 0.238. The van der Waals surface area contributed by atoms with Crippen molar-refractivity contribution in [3.63, 3.8) is 0 Å². The Morgan fingerprint density at radius 1 is 0.926 bits per heavy atom. The van der Waals surface area contributed by atoms with Gasteiger partial charge in [-0.05, 0) is 42.0 Å². The molecule has 3 rings (SSSR count). The van der Waals surface area contributed by atoms with Gasteiger partial charge in [0.05, 0.1) is 26.2 Å². The molecular formula is C21H24N2O4. The summed E-state index contributed by atoms with van der Waals surface area (Å²) < 4.78 is 15.8. The first kappa shape index (κ1) is 20.0. The monoisotopic (exact) mass is 368 g/mol. The molecule has 6 heteroatoms. The largest absolute Gasteiger partial charge is 0.497 e. The predicted octanol–water partition coefficient (Wildman–Crippen LogP) is 4.08. The lowest BCUT2D eigenvalue weighted by molar-refractivity contribution is -0.117. The van der Waals surface area contributed by atoms with E-state index in [9.17, 15) is 4.79 Å². The lowest BCUT2D eigenvalue weighted by atomic mass is 9.98. The third-order valence-corrected chi connectivity index (χ3v) is 3.84. The molecule has 142 valence electrons. The number of rotatable bonds is 6. The molecular weight excluding hydrogens is 344 g/mol. The Kier molecular flexibility index (Phi) is 7.00. The van der Waals surface area contributed by atoms with Crippen molar-refractivity contribution in [2.24, 2.45) is 5.73 Å². The standard InChI is InChI=1S/C19H18N2O4.C2H6/c1-23-14-7-3-12(4-8-14)18-16(11-17(20)22)25-21-19(18)13-5-9-15(24-2)10-6-13;1-2/h3-10H,11H2,1-2H3,(H2,20,22);1-2H3. The second-order valence-corrected chi connectivity index (χ2v) is 5.43. The number of carbonyl (C=O) groups excluding carboxylic acids is 1. The van der Waals surface area contributed by atoms with Crippen LogP contribution in [0, 0.1) is 0 Å². The average molecular weight is 368 g/mol. The Balaban J connectivity index is 0.00000126. The number of carbonyl (C=O) groups is 1. The van der Waals surface area contributed by atoms with Crippen LogP contribution in [0.4, 0.5) is 0 Å². The maximum atomic E-state index is 11.4. The van der Waals surface area contributed by atoms with E-state index in [-0.39, 0.29) is 6.42 Å². The first-order chi connectivity index (χ1) is 13.1. The van der Waals surface area contributed by atoms with E-state index < -0.39 is 5.91 Å². The molecule has 6 nitrogen and oxygen atoms in total. The molecule has 1 amide bonds. The van der Waals surface area contributed by atoms with Gasteiger partial charge >= 0.3 is 0 Å². The van der Waals surface area contributed by atoms with Crippen LogP contribution in [0.2, 0.25) is 0 Å².